The first kappa shape index (κ1) is 16.4. The number of furan rings is 1. The van der Waals surface area contributed by atoms with Gasteiger partial charge in [0.2, 0.25) is 0 Å². The summed E-state index contributed by atoms with van der Waals surface area (Å²) in [5, 5.41) is 16.1. The molecule has 1 amide bonds. The molecule has 0 aliphatic carbocycles. The van der Waals surface area contributed by atoms with Crippen molar-refractivity contribution in [3.8, 4) is 0 Å². The number of hydrogen-bond donors (Lipinski definition) is 2. The second kappa shape index (κ2) is 7.67. The molecule has 18 heavy (non-hydrogen) atoms. The zero-order valence-electron chi connectivity index (χ0n) is 10.1. The van der Waals surface area contributed by atoms with Crippen LogP contribution in [0.4, 0.5) is 5.88 Å². The largest absolute Gasteiger partial charge is 0.433 e. The highest BCUT2D eigenvalue weighted by molar-refractivity contribution is 5.91. The maximum atomic E-state index is 11.5. The number of nitrogens with one attached hydrogen (secondary N) is 2. The Kier molecular flexibility index (Phi) is 6.99. The van der Waals surface area contributed by atoms with Crippen LogP contribution in [0.2, 0.25) is 0 Å². The van der Waals surface area contributed by atoms with Gasteiger partial charge in [-0.05, 0) is 19.5 Å². The average molecular weight is 278 g/mol. The molecule has 0 saturated heterocycles. The average Bonchev–Trinajstić information content (AvgIpc) is 2.75. The van der Waals surface area contributed by atoms with Crippen LogP contribution in [-0.4, -0.2) is 30.0 Å². The first-order valence-corrected chi connectivity index (χ1v) is 5.30. The van der Waals surface area contributed by atoms with E-state index in [1.165, 1.54) is 6.07 Å². The molecule has 1 aromatic rings. The number of amides is 1. The number of carbonyl (C=O) groups excluding carboxylic acids is 1. The molecule has 8 heteroatoms. The van der Waals surface area contributed by atoms with Crippen molar-refractivity contribution in [3.63, 3.8) is 0 Å². The first-order chi connectivity index (χ1) is 8.04. The van der Waals surface area contributed by atoms with E-state index < -0.39 is 16.7 Å². The van der Waals surface area contributed by atoms with Crippen LogP contribution in [0.5, 0.6) is 0 Å². The predicted molar refractivity (Wildman–Crippen MR) is 68.1 cm³/mol. The number of carbonyl (C=O) groups is 1. The van der Waals surface area contributed by atoms with Crippen LogP contribution in [0.25, 0.3) is 0 Å². The Morgan fingerprint density at radius 1 is 1.56 bits per heavy atom. The summed E-state index contributed by atoms with van der Waals surface area (Å²) in [6.45, 7) is 5.13. The summed E-state index contributed by atoms with van der Waals surface area (Å²) < 4.78 is 4.77. The Morgan fingerprint density at radius 3 is 2.72 bits per heavy atom. The lowest BCUT2D eigenvalue weighted by Gasteiger charge is -2.12. The van der Waals surface area contributed by atoms with Crippen molar-refractivity contribution in [2.24, 2.45) is 0 Å². The molecule has 0 unspecified atom stereocenters. The van der Waals surface area contributed by atoms with Crippen molar-refractivity contribution >= 4 is 24.2 Å². The standard InChI is InChI=1S/C10H15N3O4.ClH/c1-3-11-7(2)6-12-10(14)8-4-5-9(17-8)13(15)16;/h4-5,7,11H,3,6H2,1-2H3,(H,12,14);1H/t7-;/m1./s1. The summed E-state index contributed by atoms with van der Waals surface area (Å²) in [6, 6.07) is 2.57. The van der Waals surface area contributed by atoms with Gasteiger partial charge in [-0.25, -0.2) is 0 Å². The number of likely N-dealkylation sites (N-methyl/N-ethyl adjacent to an activating group) is 1. The first-order valence-electron chi connectivity index (χ1n) is 5.30. The van der Waals surface area contributed by atoms with E-state index in [2.05, 4.69) is 10.6 Å². The Balaban J connectivity index is 0.00000289. The number of halogens is 1. The van der Waals surface area contributed by atoms with Crippen molar-refractivity contribution < 1.29 is 14.1 Å². The maximum Gasteiger partial charge on any atom is 0.433 e. The van der Waals surface area contributed by atoms with Crippen LogP contribution in [0.1, 0.15) is 24.4 Å². The topological polar surface area (TPSA) is 97.4 Å². The van der Waals surface area contributed by atoms with E-state index in [0.717, 1.165) is 12.6 Å². The fourth-order valence-electron chi connectivity index (χ4n) is 1.30. The Morgan fingerprint density at radius 2 is 2.22 bits per heavy atom. The van der Waals surface area contributed by atoms with Crippen molar-refractivity contribution in [1.29, 1.82) is 0 Å². The SMILES string of the molecule is CCN[C@H](C)CNC(=O)c1ccc([N+](=O)[O-])o1.Cl. The quantitative estimate of drug-likeness (QED) is 0.604. The van der Waals surface area contributed by atoms with Crippen molar-refractivity contribution in [2.75, 3.05) is 13.1 Å². The normalized spacial score (nSPS) is 11.4. The van der Waals surface area contributed by atoms with Gasteiger partial charge < -0.3 is 15.1 Å². The zero-order valence-corrected chi connectivity index (χ0v) is 11.0. The van der Waals surface area contributed by atoms with Crippen molar-refractivity contribution in [3.05, 3.63) is 28.0 Å². The third-order valence-electron chi connectivity index (χ3n) is 2.12. The van der Waals surface area contributed by atoms with E-state index in [1.54, 1.807) is 0 Å². The minimum absolute atomic E-state index is 0. The molecule has 1 rings (SSSR count). The summed E-state index contributed by atoms with van der Waals surface area (Å²) >= 11 is 0. The molecule has 0 saturated carbocycles. The van der Waals surface area contributed by atoms with Crippen LogP contribution in [-0.2, 0) is 0 Å². The van der Waals surface area contributed by atoms with Crippen molar-refractivity contribution in [2.45, 2.75) is 19.9 Å². The molecule has 0 radical (unpaired) electrons. The van der Waals surface area contributed by atoms with Crippen LogP contribution < -0.4 is 10.6 Å². The predicted octanol–water partition coefficient (Wildman–Crippen LogP) is 1.34. The summed E-state index contributed by atoms with van der Waals surface area (Å²) in [5.41, 5.74) is 0. The van der Waals surface area contributed by atoms with Gasteiger partial charge in [0, 0.05) is 12.6 Å². The summed E-state index contributed by atoms with van der Waals surface area (Å²) in [4.78, 5) is 21.2. The Bertz CT molecular complexity index is 408. The highest BCUT2D eigenvalue weighted by atomic mass is 35.5. The molecule has 0 aliphatic heterocycles. The molecular formula is C10H16ClN3O4. The molecule has 1 aromatic heterocycles. The van der Waals surface area contributed by atoms with Gasteiger partial charge in [-0.2, -0.15) is 0 Å². The molecule has 1 atom stereocenters. The second-order valence-corrected chi connectivity index (χ2v) is 3.56. The third kappa shape index (κ3) is 4.72. The lowest BCUT2D eigenvalue weighted by Crippen LogP contribution is -2.38. The molecule has 0 aliphatic rings. The van der Waals surface area contributed by atoms with E-state index in [9.17, 15) is 14.9 Å². The highest BCUT2D eigenvalue weighted by Crippen LogP contribution is 2.15. The third-order valence-corrected chi connectivity index (χ3v) is 2.12. The smallest absolute Gasteiger partial charge is 0.395 e. The lowest BCUT2D eigenvalue weighted by molar-refractivity contribution is -0.402. The molecular weight excluding hydrogens is 262 g/mol. The molecule has 7 nitrogen and oxygen atoms in total. The van der Waals surface area contributed by atoms with Gasteiger partial charge in [-0.3, -0.25) is 14.9 Å². The van der Waals surface area contributed by atoms with Crippen molar-refractivity contribution in [1.82, 2.24) is 10.6 Å². The lowest BCUT2D eigenvalue weighted by atomic mass is 10.3. The van der Waals surface area contributed by atoms with Gasteiger partial charge in [0.1, 0.15) is 4.92 Å². The van der Waals surface area contributed by atoms with E-state index in [1.807, 2.05) is 13.8 Å². The van der Waals surface area contributed by atoms with Crippen LogP contribution in [0.15, 0.2) is 16.5 Å². The Labute approximate surface area is 110 Å². The molecule has 102 valence electrons. The number of rotatable bonds is 6. The number of hydrogen-bond acceptors (Lipinski definition) is 5. The molecule has 2 N–H and O–H groups in total. The number of nitro groups is 1. The molecule has 0 bridgehead atoms. The monoisotopic (exact) mass is 277 g/mol. The van der Waals surface area contributed by atoms with E-state index in [4.69, 9.17) is 4.42 Å². The summed E-state index contributed by atoms with van der Waals surface area (Å²) in [6.07, 6.45) is 0. The van der Waals surface area contributed by atoms with Gasteiger partial charge in [-0.1, -0.05) is 6.92 Å². The fourth-order valence-corrected chi connectivity index (χ4v) is 1.30. The molecule has 0 spiro atoms. The minimum Gasteiger partial charge on any atom is -0.395 e. The maximum absolute atomic E-state index is 11.5. The minimum atomic E-state index is -0.682. The van der Waals surface area contributed by atoms with Gasteiger partial charge in [-0.15, -0.1) is 12.4 Å². The summed E-state index contributed by atoms with van der Waals surface area (Å²) in [5.74, 6) is -0.946. The van der Waals surface area contributed by atoms with Gasteiger partial charge in [0.25, 0.3) is 5.91 Å². The van der Waals surface area contributed by atoms with Crippen LogP contribution in [0, 0.1) is 10.1 Å². The van der Waals surface area contributed by atoms with Gasteiger partial charge >= 0.3 is 5.88 Å². The van der Waals surface area contributed by atoms with Crippen LogP contribution >= 0.6 is 12.4 Å². The molecule has 0 aromatic carbocycles. The highest BCUT2D eigenvalue weighted by Gasteiger charge is 2.17. The van der Waals surface area contributed by atoms with E-state index >= 15 is 0 Å². The molecule has 0 fully saturated rings. The van der Waals surface area contributed by atoms with Gasteiger partial charge in [0.05, 0.1) is 6.07 Å². The van der Waals surface area contributed by atoms with E-state index in [-0.39, 0.29) is 24.2 Å². The zero-order chi connectivity index (χ0) is 12.8. The number of nitrogens with zero attached hydrogens (tertiary/aromatic N) is 1. The second-order valence-electron chi connectivity index (χ2n) is 3.56. The van der Waals surface area contributed by atoms with Gasteiger partial charge in [0.15, 0.2) is 5.76 Å². The molecule has 1 heterocycles. The van der Waals surface area contributed by atoms with Crippen LogP contribution in [0.3, 0.4) is 0 Å². The fraction of sp³-hybridized carbons (Fsp3) is 0.500. The summed E-state index contributed by atoms with van der Waals surface area (Å²) in [7, 11) is 0. The van der Waals surface area contributed by atoms with E-state index in [0.29, 0.717) is 6.54 Å². The Hall–Kier alpha value is -1.60.